The molecule has 0 amide bonds. The summed E-state index contributed by atoms with van der Waals surface area (Å²) < 4.78 is 38.8. The van der Waals surface area contributed by atoms with E-state index in [4.69, 9.17) is 0 Å². The largest absolute Gasteiger partial charge is 0.433 e. The molecule has 1 aromatic heterocycles. The topological polar surface area (TPSA) is 49.2 Å². The van der Waals surface area contributed by atoms with Crippen molar-refractivity contribution in [2.45, 2.75) is 69.7 Å². The van der Waals surface area contributed by atoms with E-state index in [1.807, 2.05) is 0 Å². The first-order chi connectivity index (χ1) is 11.3. The van der Waals surface area contributed by atoms with E-state index in [1.54, 1.807) is 6.92 Å². The fourth-order valence-electron chi connectivity index (χ4n) is 3.93. The zero-order valence-electron chi connectivity index (χ0n) is 13.9. The van der Waals surface area contributed by atoms with E-state index in [2.05, 4.69) is 14.9 Å². The van der Waals surface area contributed by atoms with Crippen molar-refractivity contribution in [3.63, 3.8) is 0 Å². The van der Waals surface area contributed by atoms with Crippen LogP contribution in [0.25, 0.3) is 0 Å². The predicted octanol–water partition coefficient (Wildman–Crippen LogP) is 3.29. The summed E-state index contributed by atoms with van der Waals surface area (Å²) in [6, 6.07) is 1.20. The molecule has 0 radical (unpaired) electrons. The molecule has 1 aromatic rings. The summed E-state index contributed by atoms with van der Waals surface area (Å²) in [7, 11) is 0. The third kappa shape index (κ3) is 3.88. The van der Waals surface area contributed by atoms with Gasteiger partial charge in [-0.05, 0) is 51.8 Å². The Balaban J connectivity index is 1.67. The van der Waals surface area contributed by atoms with Gasteiger partial charge < -0.3 is 5.11 Å². The van der Waals surface area contributed by atoms with Gasteiger partial charge in [-0.3, -0.25) is 4.90 Å². The van der Waals surface area contributed by atoms with Crippen molar-refractivity contribution in [3.05, 3.63) is 23.3 Å². The van der Waals surface area contributed by atoms with Gasteiger partial charge >= 0.3 is 6.18 Å². The Hall–Kier alpha value is -1.21. The Kier molecular flexibility index (Phi) is 5.11. The van der Waals surface area contributed by atoms with Crippen molar-refractivity contribution in [1.82, 2.24) is 14.9 Å². The van der Waals surface area contributed by atoms with Gasteiger partial charge in [0.15, 0.2) is 0 Å². The van der Waals surface area contributed by atoms with Gasteiger partial charge in [0.2, 0.25) is 0 Å². The summed E-state index contributed by atoms with van der Waals surface area (Å²) in [6.07, 6.45) is 0.833. The summed E-state index contributed by atoms with van der Waals surface area (Å²) in [6.45, 7) is 3.14. The van der Waals surface area contributed by atoms with E-state index in [-0.39, 0.29) is 18.1 Å². The van der Waals surface area contributed by atoms with E-state index >= 15 is 0 Å². The molecule has 2 unspecified atom stereocenters. The first-order valence-corrected chi connectivity index (χ1v) is 8.69. The van der Waals surface area contributed by atoms with Crippen LogP contribution in [0.3, 0.4) is 0 Å². The lowest BCUT2D eigenvalue weighted by atomic mass is 9.88. The molecule has 4 nitrogen and oxygen atoms in total. The molecule has 1 N–H and O–H groups in total. The minimum absolute atomic E-state index is 0.0389. The number of piperidine rings is 1. The van der Waals surface area contributed by atoms with Crippen LogP contribution >= 0.6 is 0 Å². The highest BCUT2D eigenvalue weighted by atomic mass is 19.4. The molecular weight excluding hydrogens is 319 g/mol. The number of hydrogen-bond acceptors (Lipinski definition) is 4. The maximum absolute atomic E-state index is 12.9. The number of likely N-dealkylation sites (tertiary alicyclic amines) is 1. The van der Waals surface area contributed by atoms with Gasteiger partial charge in [-0.25, -0.2) is 9.97 Å². The molecule has 1 aliphatic heterocycles. The number of nitrogens with zero attached hydrogens (tertiary/aromatic N) is 3. The minimum Gasteiger partial charge on any atom is -0.391 e. The Morgan fingerprint density at radius 1 is 1.08 bits per heavy atom. The lowest BCUT2D eigenvalue weighted by Gasteiger charge is -2.41. The monoisotopic (exact) mass is 343 g/mol. The number of halogens is 3. The molecule has 24 heavy (non-hydrogen) atoms. The van der Waals surface area contributed by atoms with Crippen molar-refractivity contribution in [3.8, 4) is 0 Å². The van der Waals surface area contributed by atoms with Gasteiger partial charge in [-0.2, -0.15) is 13.2 Å². The molecule has 2 aliphatic rings. The zero-order chi connectivity index (χ0) is 17.3. The maximum Gasteiger partial charge on any atom is 0.433 e. The molecule has 0 bridgehead atoms. The van der Waals surface area contributed by atoms with Crippen LogP contribution < -0.4 is 0 Å². The van der Waals surface area contributed by atoms with Gasteiger partial charge in [-0.15, -0.1) is 0 Å². The van der Waals surface area contributed by atoms with Crippen molar-refractivity contribution in [2.75, 3.05) is 13.1 Å². The molecule has 1 saturated heterocycles. The normalized spacial score (nSPS) is 27.4. The minimum atomic E-state index is -4.44. The number of aryl methyl sites for hydroxylation is 1. The molecule has 3 rings (SSSR count). The number of aliphatic hydroxyl groups excluding tert-OH is 1. The van der Waals surface area contributed by atoms with Crippen molar-refractivity contribution in [2.24, 2.45) is 0 Å². The average molecular weight is 343 g/mol. The number of alkyl halides is 3. The highest BCUT2D eigenvalue weighted by Crippen LogP contribution is 2.33. The molecule has 2 atom stereocenters. The average Bonchev–Trinajstić information content (AvgIpc) is 2.54. The fourth-order valence-corrected chi connectivity index (χ4v) is 3.93. The van der Waals surface area contributed by atoms with E-state index < -0.39 is 11.9 Å². The molecular formula is C17H24F3N3O. The Bertz CT molecular complexity index is 571. The summed E-state index contributed by atoms with van der Waals surface area (Å²) in [5.41, 5.74) is -0.493. The summed E-state index contributed by atoms with van der Waals surface area (Å²) >= 11 is 0. The Morgan fingerprint density at radius 2 is 1.75 bits per heavy atom. The lowest BCUT2D eigenvalue weighted by Crippen LogP contribution is -2.48. The number of aliphatic hydroxyl groups is 1. The van der Waals surface area contributed by atoms with Gasteiger partial charge in [-0.1, -0.05) is 12.8 Å². The second-order valence-electron chi connectivity index (χ2n) is 6.98. The molecule has 1 saturated carbocycles. The molecule has 7 heteroatoms. The third-order valence-corrected chi connectivity index (χ3v) is 5.22. The van der Waals surface area contributed by atoms with Gasteiger partial charge in [0.25, 0.3) is 0 Å². The highest BCUT2D eigenvalue weighted by Gasteiger charge is 2.36. The second kappa shape index (κ2) is 6.96. The Labute approximate surface area is 140 Å². The molecule has 0 aromatic carbocycles. The van der Waals surface area contributed by atoms with E-state index in [0.717, 1.165) is 57.7 Å². The smallest absolute Gasteiger partial charge is 0.391 e. The quantitative estimate of drug-likeness (QED) is 0.895. The summed E-state index contributed by atoms with van der Waals surface area (Å²) in [5, 5.41) is 10.2. The molecule has 1 aliphatic carbocycles. The highest BCUT2D eigenvalue weighted by molar-refractivity contribution is 5.15. The molecule has 134 valence electrons. The number of rotatable bonds is 2. The van der Waals surface area contributed by atoms with Crippen LogP contribution in [0, 0.1) is 6.92 Å². The van der Waals surface area contributed by atoms with Gasteiger partial charge in [0.1, 0.15) is 11.5 Å². The van der Waals surface area contributed by atoms with E-state index in [0.29, 0.717) is 11.5 Å². The van der Waals surface area contributed by atoms with E-state index in [9.17, 15) is 18.3 Å². The van der Waals surface area contributed by atoms with Crippen molar-refractivity contribution >= 4 is 0 Å². The molecule has 0 spiro atoms. The number of hydrogen-bond donors (Lipinski definition) is 1. The lowest BCUT2D eigenvalue weighted by molar-refractivity contribution is -0.141. The van der Waals surface area contributed by atoms with Crippen molar-refractivity contribution in [1.29, 1.82) is 0 Å². The van der Waals surface area contributed by atoms with E-state index in [1.165, 1.54) is 0 Å². The first kappa shape index (κ1) is 17.6. The maximum atomic E-state index is 12.9. The van der Waals surface area contributed by atoms with Crippen LogP contribution in [0.5, 0.6) is 0 Å². The predicted molar refractivity (Wildman–Crippen MR) is 83.6 cm³/mol. The van der Waals surface area contributed by atoms with Crippen LogP contribution in [0.15, 0.2) is 6.07 Å². The van der Waals surface area contributed by atoms with Crippen LogP contribution in [0.1, 0.15) is 61.7 Å². The second-order valence-corrected chi connectivity index (χ2v) is 6.98. The van der Waals surface area contributed by atoms with Crippen molar-refractivity contribution < 1.29 is 18.3 Å². The van der Waals surface area contributed by atoms with Crippen LogP contribution in [0.4, 0.5) is 13.2 Å². The standard InChI is InChI=1S/C17H24F3N3O/c1-11-10-15(17(18,19)20)22-16(21-11)12-6-8-23(9-7-12)13-4-2-3-5-14(13)24/h10,12-14,24H,2-9H2,1H3. The van der Waals surface area contributed by atoms with Crippen LogP contribution in [0.2, 0.25) is 0 Å². The Morgan fingerprint density at radius 3 is 2.38 bits per heavy atom. The fraction of sp³-hybridized carbons (Fsp3) is 0.765. The third-order valence-electron chi connectivity index (χ3n) is 5.22. The number of aromatic nitrogens is 2. The molecule has 2 heterocycles. The van der Waals surface area contributed by atoms with Crippen LogP contribution in [-0.2, 0) is 6.18 Å². The summed E-state index contributed by atoms with van der Waals surface area (Å²) in [4.78, 5) is 10.3. The SMILES string of the molecule is Cc1cc(C(F)(F)F)nc(C2CCN(C3CCCCC3O)CC2)n1. The zero-order valence-corrected chi connectivity index (χ0v) is 13.9. The summed E-state index contributed by atoms with van der Waals surface area (Å²) in [5.74, 6) is 0.272. The first-order valence-electron chi connectivity index (χ1n) is 8.69. The van der Waals surface area contributed by atoms with Crippen LogP contribution in [-0.4, -0.2) is 45.2 Å². The van der Waals surface area contributed by atoms with Gasteiger partial charge in [0.05, 0.1) is 6.10 Å². The van der Waals surface area contributed by atoms with Gasteiger partial charge in [0, 0.05) is 17.7 Å². The molecule has 2 fully saturated rings.